The van der Waals surface area contributed by atoms with E-state index >= 15 is 0 Å². The topological polar surface area (TPSA) is 68.3 Å². The number of thiazole rings is 1. The van der Waals surface area contributed by atoms with Crippen LogP contribution in [-0.4, -0.2) is 25.8 Å². The molecule has 2 aromatic rings. The number of rotatable bonds is 6. The number of hydrogen-bond donors (Lipinski definition) is 1. The van der Waals surface area contributed by atoms with Crippen LogP contribution in [0.4, 0.5) is 9.52 Å². The van der Waals surface area contributed by atoms with Crippen molar-refractivity contribution in [3.8, 4) is 5.75 Å². The van der Waals surface area contributed by atoms with Gasteiger partial charge in [0.1, 0.15) is 23.9 Å². The fourth-order valence-electron chi connectivity index (χ4n) is 2.38. The van der Waals surface area contributed by atoms with Gasteiger partial charge in [0.05, 0.1) is 5.69 Å². The second kappa shape index (κ2) is 6.84. The predicted molar refractivity (Wildman–Crippen MR) is 88.1 cm³/mol. The Bertz CT molecular complexity index is 749. The van der Waals surface area contributed by atoms with E-state index in [0.29, 0.717) is 10.9 Å². The summed E-state index contributed by atoms with van der Waals surface area (Å²) in [5, 5.41) is 0.429. The van der Waals surface area contributed by atoms with E-state index in [1.807, 2.05) is 0 Å². The first kappa shape index (κ1) is 16.2. The van der Waals surface area contributed by atoms with Crippen LogP contribution in [0.1, 0.15) is 23.4 Å². The second-order valence-corrected chi connectivity index (χ2v) is 8.24. The first-order valence-electron chi connectivity index (χ1n) is 7.39. The molecule has 5 nitrogen and oxygen atoms in total. The van der Waals surface area contributed by atoms with Crippen molar-refractivity contribution in [3.63, 3.8) is 0 Å². The Kier molecular flexibility index (Phi) is 4.82. The zero-order chi connectivity index (χ0) is 16.3. The Labute approximate surface area is 138 Å². The Morgan fingerprint density at radius 3 is 2.70 bits per heavy atom. The Hall–Kier alpha value is -1.67. The van der Waals surface area contributed by atoms with Gasteiger partial charge in [0.2, 0.25) is 10.0 Å². The summed E-state index contributed by atoms with van der Waals surface area (Å²) in [7, 11) is -3.51. The standard InChI is InChI=1S/C15H17FN2O3S2/c16-11-5-7-12(8-6-11)21-9-10-23(19,20)18-15-17-13-3-1-2-4-14(13)22-15/h5-8H,1-4,9-10H2,(H,17,18). The summed E-state index contributed by atoms with van der Waals surface area (Å²) in [6.07, 6.45) is 4.13. The van der Waals surface area contributed by atoms with Crippen molar-refractivity contribution < 1.29 is 17.5 Å². The molecule has 8 heteroatoms. The Morgan fingerprint density at radius 2 is 1.96 bits per heavy atom. The van der Waals surface area contributed by atoms with Gasteiger partial charge in [0.15, 0.2) is 5.13 Å². The molecule has 1 heterocycles. The molecule has 1 aromatic heterocycles. The average molecular weight is 356 g/mol. The van der Waals surface area contributed by atoms with Gasteiger partial charge in [-0.15, -0.1) is 11.3 Å². The third kappa shape index (κ3) is 4.42. The summed E-state index contributed by atoms with van der Waals surface area (Å²) in [6, 6.07) is 5.46. The van der Waals surface area contributed by atoms with Crippen LogP contribution in [0.2, 0.25) is 0 Å². The number of nitrogens with zero attached hydrogens (tertiary/aromatic N) is 1. The maximum atomic E-state index is 12.8. The molecule has 0 bridgehead atoms. The zero-order valence-electron chi connectivity index (χ0n) is 12.4. The minimum Gasteiger partial charge on any atom is -0.492 e. The van der Waals surface area contributed by atoms with Crippen molar-refractivity contribution in [3.05, 3.63) is 40.7 Å². The number of nitrogens with one attached hydrogen (secondary N) is 1. The molecule has 0 saturated heterocycles. The number of aryl methyl sites for hydroxylation is 2. The fourth-order valence-corrected chi connectivity index (χ4v) is 4.54. The van der Waals surface area contributed by atoms with Crippen molar-refractivity contribution in [2.24, 2.45) is 0 Å². The number of fused-ring (bicyclic) bond motifs is 1. The third-order valence-corrected chi connectivity index (χ3v) is 5.93. The molecular weight excluding hydrogens is 339 g/mol. The Balaban J connectivity index is 1.54. The van der Waals surface area contributed by atoms with Crippen molar-refractivity contribution in [1.82, 2.24) is 4.98 Å². The molecule has 0 radical (unpaired) electrons. The third-order valence-electron chi connectivity index (χ3n) is 3.52. The van der Waals surface area contributed by atoms with Crippen LogP contribution in [0.25, 0.3) is 0 Å². The summed E-state index contributed by atoms with van der Waals surface area (Å²) >= 11 is 1.41. The van der Waals surface area contributed by atoms with Gasteiger partial charge in [-0.05, 0) is 49.9 Å². The minimum absolute atomic E-state index is 0.00788. The summed E-state index contributed by atoms with van der Waals surface area (Å²) in [4.78, 5) is 5.53. The number of hydrogen-bond acceptors (Lipinski definition) is 5. The van der Waals surface area contributed by atoms with Gasteiger partial charge in [-0.25, -0.2) is 17.8 Å². The Morgan fingerprint density at radius 1 is 1.22 bits per heavy atom. The largest absolute Gasteiger partial charge is 0.492 e. The van der Waals surface area contributed by atoms with Crippen LogP contribution in [0.3, 0.4) is 0 Å². The molecule has 1 N–H and O–H groups in total. The first-order valence-corrected chi connectivity index (χ1v) is 9.86. The lowest BCUT2D eigenvalue weighted by Crippen LogP contribution is -2.21. The number of ether oxygens (including phenoxy) is 1. The van der Waals surface area contributed by atoms with Crippen LogP contribution >= 0.6 is 11.3 Å². The van der Waals surface area contributed by atoms with Crippen molar-refractivity contribution >= 4 is 26.5 Å². The number of benzene rings is 1. The highest BCUT2D eigenvalue weighted by atomic mass is 32.2. The van der Waals surface area contributed by atoms with Gasteiger partial charge in [-0.1, -0.05) is 0 Å². The average Bonchev–Trinajstić information content (AvgIpc) is 2.90. The first-order chi connectivity index (χ1) is 11.0. The molecular formula is C15H17FN2O3S2. The zero-order valence-corrected chi connectivity index (χ0v) is 14.1. The smallest absolute Gasteiger partial charge is 0.237 e. The molecule has 0 atom stereocenters. The van der Waals surface area contributed by atoms with Crippen LogP contribution in [-0.2, 0) is 22.9 Å². The minimum atomic E-state index is -3.51. The quantitative estimate of drug-likeness (QED) is 0.864. The summed E-state index contributed by atoms with van der Waals surface area (Å²) in [5.41, 5.74) is 1.02. The van der Waals surface area contributed by atoms with E-state index < -0.39 is 10.0 Å². The number of sulfonamides is 1. The maximum absolute atomic E-state index is 12.8. The lowest BCUT2D eigenvalue weighted by Gasteiger charge is -2.07. The van der Waals surface area contributed by atoms with Crippen molar-refractivity contribution in [2.45, 2.75) is 25.7 Å². The lowest BCUT2D eigenvalue weighted by atomic mass is 10.0. The molecule has 23 heavy (non-hydrogen) atoms. The molecule has 0 amide bonds. The van der Waals surface area contributed by atoms with Crippen molar-refractivity contribution in [1.29, 1.82) is 0 Å². The van der Waals surface area contributed by atoms with E-state index in [1.165, 1.54) is 40.5 Å². The van der Waals surface area contributed by atoms with Gasteiger partial charge < -0.3 is 4.74 Å². The summed E-state index contributed by atoms with van der Waals surface area (Å²) < 4.78 is 44.7. The molecule has 0 spiro atoms. The molecule has 0 aliphatic heterocycles. The van der Waals surface area contributed by atoms with Crippen LogP contribution < -0.4 is 9.46 Å². The molecule has 0 fully saturated rings. The highest BCUT2D eigenvalue weighted by molar-refractivity contribution is 7.92. The van der Waals surface area contributed by atoms with Gasteiger partial charge >= 0.3 is 0 Å². The van der Waals surface area contributed by atoms with Gasteiger partial charge in [-0.2, -0.15) is 0 Å². The SMILES string of the molecule is O=S(=O)(CCOc1ccc(F)cc1)Nc1nc2c(s1)CCCC2. The van der Waals surface area contributed by atoms with Gasteiger partial charge in [0.25, 0.3) is 0 Å². The molecule has 124 valence electrons. The molecule has 1 aliphatic carbocycles. The summed E-state index contributed by atoms with van der Waals surface area (Å²) in [5.74, 6) is -0.111. The van der Waals surface area contributed by atoms with Crippen LogP contribution in [0, 0.1) is 5.82 Å². The highest BCUT2D eigenvalue weighted by Gasteiger charge is 2.18. The summed E-state index contributed by atoms with van der Waals surface area (Å²) in [6.45, 7) is -0.00788. The van der Waals surface area contributed by atoms with Gasteiger partial charge in [-0.3, -0.25) is 4.72 Å². The molecule has 1 aliphatic rings. The lowest BCUT2D eigenvalue weighted by molar-refractivity contribution is 0.340. The molecule has 0 unspecified atom stereocenters. The fraction of sp³-hybridized carbons (Fsp3) is 0.400. The molecule has 1 aromatic carbocycles. The molecule has 0 saturated carbocycles. The monoisotopic (exact) mass is 356 g/mol. The van der Waals surface area contributed by atoms with E-state index in [1.54, 1.807) is 0 Å². The van der Waals surface area contributed by atoms with E-state index in [2.05, 4.69) is 9.71 Å². The molecule has 3 rings (SSSR count). The van der Waals surface area contributed by atoms with Gasteiger partial charge in [0, 0.05) is 4.88 Å². The van der Waals surface area contributed by atoms with E-state index in [-0.39, 0.29) is 18.2 Å². The maximum Gasteiger partial charge on any atom is 0.237 e. The second-order valence-electron chi connectivity index (χ2n) is 5.32. The predicted octanol–water partition coefficient (Wildman–Crippen LogP) is 2.98. The number of anilines is 1. The number of aromatic nitrogens is 1. The van der Waals surface area contributed by atoms with E-state index in [0.717, 1.165) is 31.4 Å². The van der Waals surface area contributed by atoms with E-state index in [4.69, 9.17) is 4.74 Å². The van der Waals surface area contributed by atoms with Crippen LogP contribution in [0.5, 0.6) is 5.75 Å². The number of halogens is 1. The van der Waals surface area contributed by atoms with E-state index in [9.17, 15) is 12.8 Å². The highest BCUT2D eigenvalue weighted by Crippen LogP contribution is 2.30. The van der Waals surface area contributed by atoms with Crippen molar-refractivity contribution in [2.75, 3.05) is 17.1 Å². The van der Waals surface area contributed by atoms with Crippen LogP contribution in [0.15, 0.2) is 24.3 Å². The normalized spacial score (nSPS) is 14.3.